The van der Waals surface area contributed by atoms with E-state index in [1.54, 1.807) is 26.3 Å². The van der Waals surface area contributed by atoms with Gasteiger partial charge in [-0.05, 0) is 31.2 Å². The predicted octanol–water partition coefficient (Wildman–Crippen LogP) is 3.44. The molecule has 0 atom stereocenters. The Balaban J connectivity index is 1.58. The van der Waals surface area contributed by atoms with Gasteiger partial charge in [-0.15, -0.1) is 0 Å². The van der Waals surface area contributed by atoms with Gasteiger partial charge in [-0.3, -0.25) is 4.79 Å². The zero-order valence-electron chi connectivity index (χ0n) is 14.9. The van der Waals surface area contributed by atoms with E-state index in [9.17, 15) is 4.79 Å². The van der Waals surface area contributed by atoms with Crippen molar-refractivity contribution in [1.29, 1.82) is 0 Å². The second-order valence-corrected chi connectivity index (χ2v) is 5.77. The summed E-state index contributed by atoms with van der Waals surface area (Å²) in [4.78, 5) is 18.1. The molecule has 0 spiro atoms. The molecule has 0 aliphatic rings. The Kier molecular flexibility index (Phi) is 5.26. The van der Waals surface area contributed by atoms with Gasteiger partial charge in [-0.25, -0.2) is 4.98 Å². The van der Waals surface area contributed by atoms with Gasteiger partial charge < -0.3 is 23.2 Å². The van der Waals surface area contributed by atoms with E-state index in [0.717, 1.165) is 5.76 Å². The van der Waals surface area contributed by atoms with Crippen LogP contribution in [0.3, 0.4) is 0 Å². The van der Waals surface area contributed by atoms with Crippen LogP contribution < -0.4 is 9.47 Å². The van der Waals surface area contributed by atoms with E-state index in [4.69, 9.17) is 18.3 Å². The Morgan fingerprint density at radius 2 is 2.04 bits per heavy atom. The molecule has 1 aromatic carbocycles. The maximum absolute atomic E-state index is 12.4. The van der Waals surface area contributed by atoms with Gasteiger partial charge in [-0.1, -0.05) is 6.07 Å². The lowest BCUT2D eigenvalue weighted by molar-refractivity contribution is 0.0769. The van der Waals surface area contributed by atoms with E-state index in [1.807, 2.05) is 31.2 Å². The molecule has 0 bridgehead atoms. The second kappa shape index (κ2) is 7.77. The smallest absolute Gasteiger partial charge is 0.275 e. The van der Waals surface area contributed by atoms with Gasteiger partial charge in [0, 0.05) is 13.1 Å². The van der Waals surface area contributed by atoms with Crippen LogP contribution in [-0.4, -0.2) is 29.9 Å². The first-order valence-corrected chi connectivity index (χ1v) is 8.07. The summed E-state index contributed by atoms with van der Waals surface area (Å²) in [6.07, 6.45) is 1.33. The fraction of sp³-hybridized carbons (Fsp3) is 0.263. The molecule has 26 heavy (non-hydrogen) atoms. The lowest BCUT2D eigenvalue weighted by atomic mass is 10.3. The van der Waals surface area contributed by atoms with Gasteiger partial charge in [0.05, 0.1) is 13.7 Å². The number of rotatable bonds is 7. The van der Waals surface area contributed by atoms with Crippen molar-refractivity contribution in [3.05, 3.63) is 65.8 Å². The maximum Gasteiger partial charge on any atom is 0.275 e. The fourth-order valence-electron chi connectivity index (χ4n) is 2.38. The van der Waals surface area contributed by atoms with Gasteiger partial charge in [0.2, 0.25) is 5.89 Å². The Hall–Kier alpha value is -3.22. The van der Waals surface area contributed by atoms with Crippen LogP contribution in [0.1, 0.15) is 27.9 Å². The molecule has 2 aromatic heterocycles. The van der Waals surface area contributed by atoms with Crippen LogP contribution >= 0.6 is 0 Å². The average molecular weight is 356 g/mol. The van der Waals surface area contributed by atoms with Crippen molar-refractivity contribution in [2.75, 3.05) is 14.2 Å². The fourth-order valence-corrected chi connectivity index (χ4v) is 2.38. The van der Waals surface area contributed by atoms with E-state index in [0.29, 0.717) is 29.7 Å². The van der Waals surface area contributed by atoms with Crippen molar-refractivity contribution in [3.63, 3.8) is 0 Å². The van der Waals surface area contributed by atoms with Crippen LogP contribution in [0.15, 0.2) is 51.5 Å². The summed E-state index contributed by atoms with van der Waals surface area (Å²) >= 11 is 0. The maximum atomic E-state index is 12.4. The average Bonchev–Trinajstić information content (AvgIpc) is 3.28. The molecule has 0 fully saturated rings. The van der Waals surface area contributed by atoms with Crippen LogP contribution in [0.25, 0.3) is 0 Å². The third-order valence-electron chi connectivity index (χ3n) is 3.71. The molecule has 7 nitrogen and oxygen atoms in total. The van der Waals surface area contributed by atoms with Gasteiger partial charge in [-0.2, -0.15) is 0 Å². The molecule has 0 N–H and O–H groups in total. The number of aromatic nitrogens is 1. The van der Waals surface area contributed by atoms with Crippen molar-refractivity contribution >= 4 is 5.91 Å². The normalized spacial score (nSPS) is 10.6. The molecule has 0 radical (unpaired) electrons. The Bertz CT molecular complexity index is 883. The first-order chi connectivity index (χ1) is 12.5. The van der Waals surface area contributed by atoms with Crippen molar-refractivity contribution in [2.24, 2.45) is 0 Å². The number of methoxy groups -OCH3 is 1. The van der Waals surface area contributed by atoms with E-state index in [-0.39, 0.29) is 18.2 Å². The standard InChI is InChI=1S/C19H20N2O5/c1-13-7-8-16(26-13)10-21(2)19(22)17-11-25-18(20-17)12-24-15-6-4-5-14(9-15)23-3/h4-9,11H,10,12H2,1-3H3. The minimum Gasteiger partial charge on any atom is -0.497 e. The highest BCUT2D eigenvalue weighted by Crippen LogP contribution is 2.20. The summed E-state index contributed by atoms with van der Waals surface area (Å²) in [5.41, 5.74) is 0.222. The van der Waals surface area contributed by atoms with Crippen LogP contribution in [0, 0.1) is 6.92 Å². The van der Waals surface area contributed by atoms with Crippen LogP contribution in [-0.2, 0) is 13.2 Å². The van der Waals surface area contributed by atoms with Crippen molar-refractivity contribution in [3.8, 4) is 11.5 Å². The summed E-state index contributed by atoms with van der Waals surface area (Å²) in [6.45, 7) is 2.33. The van der Waals surface area contributed by atoms with Crippen molar-refractivity contribution in [1.82, 2.24) is 9.88 Å². The number of oxazole rings is 1. The molecule has 2 heterocycles. The molecule has 0 unspecified atom stereocenters. The summed E-state index contributed by atoms with van der Waals surface area (Å²) < 4.78 is 21.6. The third kappa shape index (κ3) is 4.24. The van der Waals surface area contributed by atoms with Gasteiger partial charge in [0.25, 0.3) is 5.91 Å². The minimum absolute atomic E-state index is 0.113. The number of hydrogen-bond acceptors (Lipinski definition) is 6. The number of carbonyl (C=O) groups excluding carboxylic acids is 1. The lowest BCUT2D eigenvalue weighted by Gasteiger charge is -2.13. The molecule has 3 rings (SSSR count). The van der Waals surface area contributed by atoms with Crippen LogP contribution in [0.5, 0.6) is 11.5 Å². The van der Waals surface area contributed by atoms with E-state index >= 15 is 0 Å². The number of ether oxygens (including phenoxy) is 2. The number of nitrogens with zero attached hydrogens (tertiary/aromatic N) is 2. The first-order valence-electron chi connectivity index (χ1n) is 8.07. The van der Waals surface area contributed by atoms with Gasteiger partial charge >= 0.3 is 0 Å². The molecule has 0 aliphatic carbocycles. The predicted molar refractivity (Wildman–Crippen MR) is 93.1 cm³/mol. The highest BCUT2D eigenvalue weighted by molar-refractivity contribution is 5.91. The van der Waals surface area contributed by atoms with Crippen LogP contribution in [0.4, 0.5) is 0 Å². The SMILES string of the molecule is COc1cccc(OCc2nc(C(=O)N(C)Cc3ccc(C)o3)co2)c1. The Morgan fingerprint density at radius 3 is 2.77 bits per heavy atom. The zero-order valence-corrected chi connectivity index (χ0v) is 14.9. The van der Waals surface area contributed by atoms with Crippen molar-refractivity contribution < 1.29 is 23.1 Å². The number of amides is 1. The third-order valence-corrected chi connectivity index (χ3v) is 3.71. The Labute approximate surface area is 151 Å². The monoisotopic (exact) mass is 356 g/mol. The molecule has 7 heteroatoms. The number of carbonyl (C=O) groups is 1. The number of furan rings is 1. The number of aryl methyl sites for hydroxylation is 1. The second-order valence-electron chi connectivity index (χ2n) is 5.77. The highest BCUT2D eigenvalue weighted by atomic mass is 16.5. The lowest BCUT2D eigenvalue weighted by Crippen LogP contribution is -2.26. The number of benzene rings is 1. The minimum atomic E-state index is -0.254. The topological polar surface area (TPSA) is 77.9 Å². The quantitative estimate of drug-likeness (QED) is 0.645. The number of hydrogen-bond donors (Lipinski definition) is 0. The van der Waals surface area contributed by atoms with Crippen LogP contribution in [0.2, 0.25) is 0 Å². The molecule has 1 amide bonds. The molecular formula is C19H20N2O5. The van der Waals surface area contributed by atoms with E-state index in [2.05, 4.69) is 4.98 Å². The van der Waals surface area contributed by atoms with Gasteiger partial charge in [0.15, 0.2) is 12.3 Å². The highest BCUT2D eigenvalue weighted by Gasteiger charge is 2.18. The molecule has 3 aromatic rings. The van der Waals surface area contributed by atoms with Crippen molar-refractivity contribution in [2.45, 2.75) is 20.1 Å². The summed E-state index contributed by atoms with van der Waals surface area (Å²) in [6, 6.07) is 10.9. The summed E-state index contributed by atoms with van der Waals surface area (Å²) in [5, 5.41) is 0. The van der Waals surface area contributed by atoms with Gasteiger partial charge in [0.1, 0.15) is 29.3 Å². The van der Waals surface area contributed by atoms with E-state index < -0.39 is 0 Å². The molecule has 0 aliphatic heterocycles. The molecular weight excluding hydrogens is 336 g/mol. The first kappa shape index (κ1) is 17.6. The summed E-state index contributed by atoms with van der Waals surface area (Å²) in [7, 11) is 3.27. The largest absolute Gasteiger partial charge is 0.497 e. The Morgan fingerprint density at radius 1 is 1.23 bits per heavy atom. The molecule has 0 saturated carbocycles. The van der Waals surface area contributed by atoms with E-state index in [1.165, 1.54) is 11.2 Å². The summed E-state index contributed by atoms with van der Waals surface area (Å²) in [5.74, 6) is 2.90. The molecule has 0 saturated heterocycles. The zero-order chi connectivity index (χ0) is 18.5. The molecule has 136 valence electrons.